The van der Waals surface area contributed by atoms with E-state index in [-0.39, 0.29) is 11.2 Å². The molecule has 17 heavy (non-hydrogen) atoms. The van der Waals surface area contributed by atoms with Crippen LogP contribution in [0.2, 0.25) is 0 Å². The molecule has 1 heterocycles. The summed E-state index contributed by atoms with van der Waals surface area (Å²) in [5, 5.41) is 0. The largest absolute Gasteiger partial charge is 0.330 e. The van der Waals surface area contributed by atoms with Gasteiger partial charge in [-0.2, -0.15) is 0 Å². The second kappa shape index (κ2) is 5.36. The monoisotopic (exact) mass is 233 g/mol. The van der Waals surface area contributed by atoms with Crippen LogP contribution in [0.3, 0.4) is 0 Å². The van der Waals surface area contributed by atoms with Gasteiger partial charge in [0.2, 0.25) is 0 Å². The molecule has 0 spiro atoms. The highest BCUT2D eigenvalue weighted by molar-refractivity contribution is 5.94. The Bertz CT molecular complexity index is 372. The Balaban J connectivity index is 2.06. The van der Waals surface area contributed by atoms with Crippen LogP contribution < -0.4 is 5.73 Å². The van der Waals surface area contributed by atoms with Crippen molar-refractivity contribution >= 4 is 5.78 Å². The first-order valence-corrected chi connectivity index (χ1v) is 6.25. The molecule has 0 bridgehead atoms. The average Bonchev–Trinajstić information content (AvgIpc) is 2.41. The van der Waals surface area contributed by atoms with Crippen LogP contribution in [0, 0.1) is 5.41 Å². The van der Waals surface area contributed by atoms with Crippen molar-refractivity contribution in [1.82, 2.24) is 9.97 Å². The van der Waals surface area contributed by atoms with Gasteiger partial charge in [0.15, 0.2) is 5.78 Å². The third-order valence-electron chi connectivity index (χ3n) is 3.73. The number of rotatable bonds is 4. The minimum atomic E-state index is 0.00680. The molecule has 1 aliphatic carbocycles. The maximum absolute atomic E-state index is 12.1. The lowest BCUT2D eigenvalue weighted by Crippen LogP contribution is -2.35. The second-order valence-electron chi connectivity index (χ2n) is 4.96. The van der Waals surface area contributed by atoms with E-state index in [2.05, 4.69) is 9.97 Å². The zero-order chi connectivity index (χ0) is 12.1. The molecule has 0 unspecified atom stereocenters. The van der Waals surface area contributed by atoms with Crippen molar-refractivity contribution in [3.8, 4) is 0 Å². The summed E-state index contributed by atoms with van der Waals surface area (Å²) in [7, 11) is 0. The average molecular weight is 233 g/mol. The highest BCUT2D eigenvalue weighted by Gasteiger charge is 2.33. The number of hydrogen-bond donors (Lipinski definition) is 1. The van der Waals surface area contributed by atoms with Gasteiger partial charge in [-0.05, 0) is 24.8 Å². The summed E-state index contributed by atoms with van der Waals surface area (Å²) in [6.07, 6.45) is 11.0. The van der Waals surface area contributed by atoms with Gasteiger partial charge in [0, 0.05) is 18.8 Å². The van der Waals surface area contributed by atoms with E-state index >= 15 is 0 Å². The molecular weight excluding hydrogens is 214 g/mol. The fraction of sp³-hybridized carbons (Fsp3) is 0.615. The smallest absolute Gasteiger partial charge is 0.183 e. The third kappa shape index (κ3) is 2.88. The molecule has 2 rings (SSSR count). The first-order valence-electron chi connectivity index (χ1n) is 6.25. The Morgan fingerprint density at radius 2 is 2.06 bits per heavy atom. The molecule has 0 aliphatic heterocycles. The first-order chi connectivity index (χ1) is 8.26. The van der Waals surface area contributed by atoms with Gasteiger partial charge in [-0.15, -0.1) is 0 Å². The van der Waals surface area contributed by atoms with E-state index in [0.717, 1.165) is 12.8 Å². The van der Waals surface area contributed by atoms with Gasteiger partial charge in [0.1, 0.15) is 5.69 Å². The maximum atomic E-state index is 12.1. The number of ketones is 1. The lowest BCUT2D eigenvalue weighted by atomic mass is 9.71. The summed E-state index contributed by atoms with van der Waals surface area (Å²) in [5.41, 5.74) is 6.35. The number of Topliss-reactive ketones (excluding diaryl/α,β-unsaturated/α-hetero) is 1. The Kier molecular flexibility index (Phi) is 3.84. The molecule has 4 heteroatoms. The van der Waals surface area contributed by atoms with E-state index in [9.17, 15) is 4.79 Å². The van der Waals surface area contributed by atoms with Gasteiger partial charge in [-0.3, -0.25) is 9.78 Å². The quantitative estimate of drug-likeness (QED) is 0.807. The molecule has 0 saturated heterocycles. The normalized spacial score (nSPS) is 18.9. The highest BCUT2D eigenvalue weighted by atomic mass is 16.1. The fourth-order valence-corrected chi connectivity index (χ4v) is 2.63. The molecule has 4 nitrogen and oxygen atoms in total. The van der Waals surface area contributed by atoms with Crippen LogP contribution in [-0.4, -0.2) is 22.3 Å². The number of aromatic nitrogens is 2. The number of hydrogen-bond acceptors (Lipinski definition) is 4. The van der Waals surface area contributed by atoms with Crippen molar-refractivity contribution in [3.05, 3.63) is 24.3 Å². The minimum Gasteiger partial charge on any atom is -0.330 e. The zero-order valence-electron chi connectivity index (χ0n) is 10.1. The second-order valence-corrected chi connectivity index (χ2v) is 4.96. The molecule has 1 aromatic heterocycles. The molecule has 0 amide bonds. The van der Waals surface area contributed by atoms with Crippen LogP contribution in [0.5, 0.6) is 0 Å². The Morgan fingerprint density at radius 1 is 1.29 bits per heavy atom. The van der Waals surface area contributed by atoms with E-state index in [1.54, 1.807) is 12.4 Å². The number of carbonyl (C=O) groups is 1. The molecular formula is C13H19N3O. The Hall–Kier alpha value is -1.29. The summed E-state index contributed by atoms with van der Waals surface area (Å²) >= 11 is 0. The molecule has 1 fully saturated rings. The molecule has 0 radical (unpaired) electrons. The highest BCUT2D eigenvalue weighted by Crippen LogP contribution is 2.38. The van der Waals surface area contributed by atoms with E-state index in [0.29, 0.717) is 18.7 Å². The van der Waals surface area contributed by atoms with Crippen molar-refractivity contribution < 1.29 is 4.79 Å². The fourth-order valence-electron chi connectivity index (χ4n) is 2.63. The maximum Gasteiger partial charge on any atom is 0.183 e. The minimum absolute atomic E-state index is 0.00680. The predicted molar refractivity (Wildman–Crippen MR) is 65.6 cm³/mol. The lowest BCUT2D eigenvalue weighted by Gasteiger charge is -2.35. The molecule has 0 aromatic carbocycles. The molecule has 1 aliphatic rings. The van der Waals surface area contributed by atoms with E-state index in [4.69, 9.17) is 5.73 Å². The van der Waals surface area contributed by atoms with Gasteiger partial charge in [-0.25, -0.2) is 4.98 Å². The van der Waals surface area contributed by atoms with Gasteiger partial charge >= 0.3 is 0 Å². The summed E-state index contributed by atoms with van der Waals surface area (Å²) in [6, 6.07) is 0. The summed E-state index contributed by atoms with van der Waals surface area (Å²) in [6.45, 7) is 0.596. The zero-order valence-corrected chi connectivity index (χ0v) is 10.1. The Morgan fingerprint density at radius 3 is 2.65 bits per heavy atom. The van der Waals surface area contributed by atoms with Crippen molar-refractivity contribution in [2.45, 2.75) is 38.5 Å². The molecule has 1 saturated carbocycles. The van der Waals surface area contributed by atoms with Gasteiger partial charge in [0.25, 0.3) is 0 Å². The van der Waals surface area contributed by atoms with Crippen LogP contribution in [0.15, 0.2) is 18.6 Å². The topological polar surface area (TPSA) is 68.9 Å². The van der Waals surface area contributed by atoms with E-state index < -0.39 is 0 Å². The molecule has 2 N–H and O–H groups in total. The molecule has 92 valence electrons. The third-order valence-corrected chi connectivity index (χ3v) is 3.73. The van der Waals surface area contributed by atoms with Gasteiger partial charge < -0.3 is 5.73 Å². The summed E-state index contributed by atoms with van der Waals surface area (Å²) in [4.78, 5) is 20.1. The van der Waals surface area contributed by atoms with Crippen LogP contribution in [0.25, 0.3) is 0 Å². The van der Waals surface area contributed by atoms with Crippen LogP contribution >= 0.6 is 0 Å². The van der Waals surface area contributed by atoms with Crippen LogP contribution in [0.4, 0.5) is 0 Å². The summed E-state index contributed by atoms with van der Waals surface area (Å²) in [5.74, 6) is 0.0745. The van der Waals surface area contributed by atoms with Gasteiger partial charge in [0.05, 0.1) is 6.20 Å². The first kappa shape index (κ1) is 12.2. The van der Waals surface area contributed by atoms with Crippen molar-refractivity contribution in [2.24, 2.45) is 11.1 Å². The number of carbonyl (C=O) groups excluding carboxylic acids is 1. The van der Waals surface area contributed by atoms with Gasteiger partial charge in [-0.1, -0.05) is 19.3 Å². The van der Waals surface area contributed by atoms with E-state index in [1.807, 2.05) is 0 Å². The standard InChI is InChI=1S/C13H19N3O/c14-10-13(4-2-1-3-5-13)8-12(17)11-9-15-6-7-16-11/h6-7,9H,1-5,8,10,14H2. The predicted octanol–water partition coefficient (Wildman–Crippen LogP) is 1.96. The summed E-state index contributed by atoms with van der Waals surface area (Å²) < 4.78 is 0. The van der Waals surface area contributed by atoms with Crippen molar-refractivity contribution in [1.29, 1.82) is 0 Å². The number of nitrogens with two attached hydrogens (primary N) is 1. The van der Waals surface area contributed by atoms with E-state index in [1.165, 1.54) is 25.5 Å². The van der Waals surface area contributed by atoms with Crippen molar-refractivity contribution in [2.75, 3.05) is 6.54 Å². The van der Waals surface area contributed by atoms with Crippen LogP contribution in [-0.2, 0) is 0 Å². The SMILES string of the molecule is NCC1(CC(=O)c2cnccn2)CCCCC1. The molecule has 1 aromatic rings. The number of nitrogens with zero attached hydrogens (tertiary/aromatic N) is 2. The van der Waals surface area contributed by atoms with Crippen LogP contribution in [0.1, 0.15) is 49.0 Å². The molecule has 0 atom stereocenters. The Labute approximate surface area is 102 Å². The lowest BCUT2D eigenvalue weighted by molar-refractivity contribution is 0.0862. The van der Waals surface area contributed by atoms with Crippen molar-refractivity contribution in [3.63, 3.8) is 0 Å².